The molecule has 0 aliphatic heterocycles. The van der Waals surface area contributed by atoms with Gasteiger partial charge < -0.3 is 15.4 Å². The number of benzene rings is 1. The number of ether oxygens (including phenoxy) is 1. The Kier molecular flexibility index (Phi) is 5.60. The van der Waals surface area contributed by atoms with Gasteiger partial charge in [0.15, 0.2) is 0 Å². The standard InChI is InChI=1S/C16H22N2O3/c1-2-21-14-11-7-6-10-13(14)18-16(20)15(19)17-12-8-4-3-5-9-12/h6-7,10-12H,2-5,8-9H2,1H3,(H,17,19)(H,18,20). The van der Waals surface area contributed by atoms with Crippen LogP contribution in [0.4, 0.5) is 5.69 Å². The molecule has 0 unspecified atom stereocenters. The van der Waals surface area contributed by atoms with E-state index in [0.717, 1.165) is 25.7 Å². The predicted molar refractivity (Wildman–Crippen MR) is 81.3 cm³/mol. The minimum Gasteiger partial charge on any atom is -0.492 e. The maximum absolute atomic E-state index is 12.0. The second kappa shape index (κ2) is 7.67. The van der Waals surface area contributed by atoms with Gasteiger partial charge in [0.05, 0.1) is 12.3 Å². The van der Waals surface area contributed by atoms with Gasteiger partial charge in [-0.05, 0) is 31.9 Å². The van der Waals surface area contributed by atoms with E-state index < -0.39 is 11.8 Å². The van der Waals surface area contributed by atoms with Gasteiger partial charge in [0.25, 0.3) is 0 Å². The third-order valence-corrected chi connectivity index (χ3v) is 3.58. The Morgan fingerprint density at radius 1 is 1.14 bits per heavy atom. The molecule has 1 fully saturated rings. The zero-order chi connectivity index (χ0) is 15.1. The largest absolute Gasteiger partial charge is 0.492 e. The van der Waals surface area contributed by atoms with Crippen molar-refractivity contribution in [3.05, 3.63) is 24.3 Å². The van der Waals surface area contributed by atoms with Gasteiger partial charge in [-0.25, -0.2) is 0 Å². The van der Waals surface area contributed by atoms with Crippen LogP contribution < -0.4 is 15.4 Å². The first-order valence-electron chi connectivity index (χ1n) is 7.54. The van der Waals surface area contributed by atoms with Gasteiger partial charge in [-0.1, -0.05) is 31.4 Å². The van der Waals surface area contributed by atoms with E-state index in [-0.39, 0.29) is 6.04 Å². The van der Waals surface area contributed by atoms with Crippen LogP contribution in [0.3, 0.4) is 0 Å². The molecule has 2 rings (SSSR count). The van der Waals surface area contributed by atoms with Crippen molar-refractivity contribution in [3.8, 4) is 5.75 Å². The average Bonchev–Trinajstić information content (AvgIpc) is 2.50. The highest BCUT2D eigenvalue weighted by Crippen LogP contribution is 2.23. The highest BCUT2D eigenvalue weighted by atomic mass is 16.5. The van der Waals surface area contributed by atoms with E-state index in [0.29, 0.717) is 18.0 Å². The van der Waals surface area contributed by atoms with Crippen LogP contribution in [0.2, 0.25) is 0 Å². The molecule has 5 heteroatoms. The second-order valence-corrected chi connectivity index (χ2v) is 5.19. The lowest BCUT2D eigenvalue weighted by Gasteiger charge is -2.22. The van der Waals surface area contributed by atoms with Gasteiger partial charge >= 0.3 is 11.8 Å². The van der Waals surface area contributed by atoms with E-state index in [1.807, 2.05) is 13.0 Å². The van der Waals surface area contributed by atoms with Crippen molar-refractivity contribution in [2.45, 2.75) is 45.1 Å². The van der Waals surface area contributed by atoms with Crippen LogP contribution in [0.15, 0.2) is 24.3 Å². The maximum Gasteiger partial charge on any atom is 0.313 e. The molecule has 0 atom stereocenters. The Balaban J connectivity index is 1.92. The van der Waals surface area contributed by atoms with Gasteiger partial charge in [0.2, 0.25) is 0 Å². The van der Waals surface area contributed by atoms with E-state index in [4.69, 9.17) is 4.74 Å². The summed E-state index contributed by atoms with van der Waals surface area (Å²) in [4.78, 5) is 23.9. The molecule has 1 aliphatic carbocycles. The van der Waals surface area contributed by atoms with E-state index in [1.54, 1.807) is 18.2 Å². The number of carbonyl (C=O) groups is 2. The highest BCUT2D eigenvalue weighted by Gasteiger charge is 2.21. The minimum absolute atomic E-state index is 0.124. The minimum atomic E-state index is -0.646. The SMILES string of the molecule is CCOc1ccccc1NC(=O)C(=O)NC1CCCCC1. The topological polar surface area (TPSA) is 67.4 Å². The fourth-order valence-electron chi connectivity index (χ4n) is 2.53. The van der Waals surface area contributed by atoms with Crippen LogP contribution in [0, 0.1) is 0 Å². The summed E-state index contributed by atoms with van der Waals surface area (Å²) in [5.74, 6) is -0.653. The van der Waals surface area contributed by atoms with Crippen molar-refractivity contribution in [1.82, 2.24) is 5.32 Å². The van der Waals surface area contributed by atoms with Crippen molar-refractivity contribution < 1.29 is 14.3 Å². The number of hydrogen-bond donors (Lipinski definition) is 2. The summed E-state index contributed by atoms with van der Waals surface area (Å²) in [6.07, 6.45) is 5.34. The van der Waals surface area contributed by atoms with E-state index in [9.17, 15) is 9.59 Å². The molecule has 1 aromatic rings. The van der Waals surface area contributed by atoms with Crippen molar-refractivity contribution in [2.75, 3.05) is 11.9 Å². The van der Waals surface area contributed by atoms with Crippen LogP contribution in [-0.4, -0.2) is 24.5 Å². The Morgan fingerprint density at radius 2 is 1.86 bits per heavy atom. The molecule has 0 radical (unpaired) electrons. The Hall–Kier alpha value is -2.04. The molecule has 2 N–H and O–H groups in total. The molecule has 0 bridgehead atoms. The molecule has 0 heterocycles. The monoisotopic (exact) mass is 290 g/mol. The molecule has 0 spiro atoms. The molecule has 1 aromatic carbocycles. The molecule has 114 valence electrons. The molecule has 1 saturated carbocycles. The summed E-state index contributed by atoms with van der Waals surface area (Å²) in [6.45, 7) is 2.37. The van der Waals surface area contributed by atoms with Crippen LogP contribution >= 0.6 is 0 Å². The summed E-state index contributed by atoms with van der Waals surface area (Å²) in [5, 5.41) is 5.41. The molecular weight excluding hydrogens is 268 g/mol. The van der Waals surface area contributed by atoms with Crippen LogP contribution in [0.5, 0.6) is 5.75 Å². The van der Waals surface area contributed by atoms with Crippen molar-refractivity contribution >= 4 is 17.5 Å². The number of nitrogens with one attached hydrogen (secondary N) is 2. The Bertz CT molecular complexity index is 496. The number of rotatable bonds is 4. The van der Waals surface area contributed by atoms with Gasteiger partial charge in [0.1, 0.15) is 5.75 Å². The van der Waals surface area contributed by atoms with Crippen LogP contribution in [0.1, 0.15) is 39.0 Å². The molecule has 21 heavy (non-hydrogen) atoms. The normalized spacial score (nSPS) is 15.3. The van der Waals surface area contributed by atoms with Crippen molar-refractivity contribution in [3.63, 3.8) is 0 Å². The highest BCUT2D eigenvalue weighted by molar-refractivity contribution is 6.39. The molecule has 2 amide bonds. The average molecular weight is 290 g/mol. The first-order valence-corrected chi connectivity index (χ1v) is 7.54. The predicted octanol–water partition coefficient (Wildman–Crippen LogP) is 2.47. The number of amides is 2. The molecule has 0 saturated heterocycles. The zero-order valence-corrected chi connectivity index (χ0v) is 12.4. The van der Waals surface area contributed by atoms with Crippen molar-refractivity contribution in [1.29, 1.82) is 0 Å². The van der Waals surface area contributed by atoms with Crippen LogP contribution in [-0.2, 0) is 9.59 Å². The molecule has 1 aliphatic rings. The van der Waals surface area contributed by atoms with E-state index in [1.165, 1.54) is 6.42 Å². The second-order valence-electron chi connectivity index (χ2n) is 5.19. The molecule has 5 nitrogen and oxygen atoms in total. The molecule has 0 aromatic heterocycles. The van der Waals surface area contributed by atoms with E-state index in [2.05, 4.69) is 10.6 Å². The quantitative estimate of drug-likeness (QED) is 0.837. The lowest BCUT2D eigenvalue weighted by molar-refractivity contribution is -0.136. The summed E-state index contributed by atoms with van der Waals surface area (Å²) in [7, 11) is 0. The van der Waals surface area contributed by atoms with E-state index >= 15 is 0 Å². The summed E-state index contributed by atoms with van der Waals surface area (Å²) in [5.41, 5.74) is 0.517. The zero-order valence-electron chi connectivity index (χ0n) is 12.4. The Morgan fingerprint density at radius 3 is 2.57 bits per heavy atom. The van der Waals surface area contributed by atoms with Gasteiger partial charge in [-0.3, -0.25) is 9.59 Å². The van der Waals surface area contributed by atoms with Gasteiger partial charge in [-0.15, -0.1) is 0 Å². The van der Waals surface area contributed by atoms with Gasteiger partial charge in [-0.2, -0.15) is 0 Å². The third-order valence-electron chi connectivity index (χ3n) is 3.58. The summed E-state index contributed by atoms with van der Waals surface area (Å²) >= 11 is 0. The fraction of sp³-hybridized carbons (Fsp3) is 0.500. The lowest BCUT2D eigenvalue weighted by atomic mass is 9.95. The van der Waals surface area contributed by atoms with Crippen molar-refractivity contribution in [2.24, 2.45) is 0 Å². The Labute approximate surface area is 125 Å². The first-order chi connectivity index (χ1) is 10.2. The third kappa shape index (κ3) is 4.48. The smallest absolute Gasteiger partial charge is 0.313 e. The molecular formula is C16H22N2O3. The number of hydrogen-bond acceptors (Lipinski definition) is 3. The lowest BCUT2D eigenvalue weighted by Crippen LogP contribution is -2.42. The van der Waals surface area contributed by atoms with Crippen LogP contribution in [0.25, 0.3) is 0 Å². The summed E-state index contributed by atoms with van der Waals surface area (Å²) < 4.78 is 5.42. The maximum atomic E-state index is 12.0. The number of carbonyl (C=O) groups excluding carboxylic acids is 2. The fourth-order valence-corrected chi connectivity index (χ4v) is 2.53. The first kappa shape index (κ1) is 15.4. The van der Waals surface area contributed by atoms with Gasteiger partial charge in [0, 0.05) is 6.04 Å². The number of anilines is 1. The number of para-hydroxylation sites is 2. The summed E-state index contributed by atoms with van der Waals surface area (Å²) in [6, 6.07) is 7.22.